The van der Waals surface area contributed by atoms with Gasteiger partial charge in [0.2, 0.25) is 11.8 Å². The Kier molecular flexibility index (Phi) is 7.54. The van der Waals surface area contributed by atoms with Crippen LogP contribution in [0.5, 0.6) is 5.75 Å². The molecule has 1 aliphatic rings. The van der Waals surface area contributed by atoms with E-state index in [1.165, 1.54) is 35.5 Å². The number of amidine groups is 1. The number of ether oxygens (including phenoxy) is 1. The first-order valence-corrected chi connectivity index (χ1v) is 12.4. The van der Waals surface area contributed by atoms with E-state index in [2.05, 4.69) is 10.3 Å². The van der Waals surface area contributed by atoms with E-state index in [4.69, 9.17) is 22.1 Å². The predicted molar refractivity (Wildman–Crippen MR) is 141 cm³/mol. The number of benzene rings is 2. The second-order valence-electron chi connectivity index (χ2n) is 7.18. The first-order chi connectivity index (χ1) is 16.9. The Morgan fingerprint density at radius 2 is 2.00 bits per heavy atom. The molecule has 0 saturated heterocycles. The third kappa shape index (κ3) is 5.73. The molecule has 0 spiro atoms. The molecule has 3 N–H and O–H groups in total. The maximum absolute atomic E-state index is 13.3. The van der Waals surface area contributed by atoms with Crippen LogP contribution in [-0.4, -0.2) is 35.8 Å². The average Bonchev–Trinajstić information content (AvgIpc) is 3.46. The minimum absolute atomic E-state index is 0.00362. The third-order valence-corrected chi connectivity index (χ3v) is 6.88. The van der Waals surface area contributed by atoms with Crippen LogP contribution in [0.3, 0.4) is 0 Å². The Bertz CT molecular complexity index is 1340. The van der Waals surface area contributed by atoms with E-state index >= 15 is 0 Å². The van der Waals surface area contributed by atoms with Crippen molar-refractivity contribution in [1.29, 1.82) is 0 Å². The Morgan fingerprint density at radius 3 is 2.63 bits per heavy atom. The Labute approximate surface area is 214 Å². The fourth-order valence-electron chi connectivity index (χ4n) is 3.17. The highest BCUT2D eigenvalue weighted by atomic mass is 35.5. The summed E-state index contributed by atoms with van der Waals surface area (Å²) in [6.07, 6.45) is 1.71. The number of rotatable bonds is 7. The van der Waals surface area contributed by atoms with Crippen LogP contribution in [0, 0.1) is 0 Å². The molecule has 0 unspecified atom stereocenters. The molecular formula is C24H19ClN4O4S2. The maximum Gasteiger partial charge on any atom is 0.283 e. The zero-order chi connectivity index (χ0) is 24.9. The number of methoxy groups -OCH3 is 1. The Hall–Kier alpha value is -3.60. The van der Waals surface area contributed by atoms with Gasteiger partial charge in [-0.2, -0.15) is 0 Å². The average molecular weight is 527 g/mol. The van der Waals surface area contributed by atoms with Gasteiger partial charge in [0.15, 0.2) is 5.17 Å². The van der Waals surface area contributed by atoms with Crippen LogP contribution in [0.2, 0.25) is 5.02 Å². The molecule has 4 rings (SSSR count). The smallest absolute Gasteiger partial charge is 0.283 e. The standard InChI is InChI=1S/C24H19ClN4O4S2/c1-33-20-9-8-16(11-18(20)25)29-23(32)19(12-17-3-2-10-34-17)28-24(29)35-13-21(30)27-15-6-4-14(5-7-15)22(26)31/h2-12H,13H2,1H3,(H2,26,31)(H,27,30)/b19-12-. The number of thiophene rings is 1. The molecule has 0 atom stereocenters. The highest BCUT2D eigenvalue weighted by molar-refractivity contribution is 8.14. The number of thioether (sulfide) groups is 1. The molecule has 11 heteroatoms. The van der Waals surface area contributed by atoms with Gasteiger partial charge in [0.05, 0.1) is 23.6 Å². The summed E-state index contributed by atoms with van der Waals surface area (Å²) in [7, 11) is 1.51. The van der Waals surface area contributed by atoms with Crippen LogP contribution in [0.4, 0.5) is 11.4 Å². The van der Waals surface area contributed by atoms with Gasteiger partial charge in [-0.1, -0.05) is 29.4 Å². The summed E-state index contributed by atoms with van der Waals surface area (Å²) < 4.78 is 5.20. The molecule has 0 radical (unpaired) electrons. The lowest BCUT2D eigenvalue weighted by Gasteiger charge is -2.18. The van der Waals surface area contributed by atoms with E-state index < -0.39 is 5.91 Å². The summed E-state index contributed by atoms with van der Waals surface area (Å²) in [4.78, 5) is 43.8. The summed E-state index contributed by atoms with van der Waals surface area (Å²) in [5.74, 6) is -0.710. The number of nitrogens with zero attached hydrogens (tertiary/aromatic N) is 2. The quantitative estimate of drug-likeness (QED) is 0.436. The molecule has 1 aromatic heterocycles. The second-order valence-corrected chi connectivity index (χ2v) is 9.51. The van der Waals surface area contributed by atoms with E-state index in [1.807, 2.05) is 17.5 Å². The lowest BCUT2D eigenvalue weighted by atomic mass is 10.2. The van der Waals surface area contributed by atoms with Crippen LogP contribution in [0.25, 0.3) is 6.08 Å². The largest absolute Gasteiger partial charge is 0.495 e. The number of halogens is 1. The topological polar surface area (TPSA) is 114 Å². The van der Waals surface area contributed by atoms with Gasteiger partial charge in [0, 0.05) is 16.1 Å². The van der Waals surface area contributed by atoms with Crippen molar-refractivity contribution in [2.24, 2.45) is 10.7 Å². The van der Waals surface area contributed by atoms with Gasteiger partial charge in [-0.05, 0) is 60.0 Å². The number of primary amides is 1. The van der Waals surface area contributed by atoms with Gasteiger partial charge >= 0.3 is 0 Å². The maximum atomic E-state index is 13.3. The molecule has 0 saturated carbocycles. The number of anilines is 2. The van der Waals surface area contributed by atoms with Gasteiger partial charge in [0.25, 0.3) is 5.91 Å². The number of hydrogen-bond donors (Lipinski definition) is 2. The molecule has 1 aliphatic heterocycles. The first kappa shape index (κ1) is 24.5. The Morgan fingerprint density at radius 1 is 1.23 bits per heavy atom. The summed E-state index contributed by atoms with van der Waals surface area (Å²) in [6, 6.07) is 15.0. The van der Waals surface area contributed by atoms with Crippen molar-refractivity contribution in [3.05, 3.63) is 81.1 Å². The molecule has 0 bridgehead atoms. The molecule has 3 amide bonds. The summed E-state index contributed by atoms with van der Waals surface area (Å²) in [6.45, 7) is 0. The summed E-state index contributed by atoms with van der Waals surface area (Å²) in [5, 5.41) is 5.35. The van der Waals surface area contributed by atoms with Gasteiger partial charge in [-0.3, -0.25) is 19.3 Å². The van der Waals surface area contributed by atoms with Crippen LogP contribution >= 0.6 is 34.7 Å². The number of aliphatic imine (C=N–C) groups is 1. The van der Waals surface area contributed by atoms with E-state index in [1.54, 1.807) is 36.4 Å². The van der Waals surface area contributed by atoms with Crippen LogP contribution in [-0.2, 0) is 9.59 Å². The number of hydrogen-bond acceptors (Lipinski definition) is 7. The minimum atomic E-state index is -0.549. The van der Waals surface area contributed by atoms with Crippen molar-refractivity contribution in [2.75, 3.05) is 23.1 Å². The lowest BCUT2D eigenvalue weighted by Crippen LogP contribution is -2.31. The number of carbonyl (C=O) groups excluding carboxylic acids is 3. The normalized spacial score (nSPS) is 14.2. The molecule has 178 valence electrons. The van der Waals surface area contributed by atoms with Gasteiger partial charge in [0.1, 0.15) is 11.4 Å². The Balaban J connectivity index is 1.54. The van der Waals surface area contributed by atoms with Gasteiger partial charge in [-0.25, -0.2) is 4.99 Å². The van der Waals surface area contributed by atoms with Crippen molar-refractivity contribution >= 4 is 75.0 Å². The third-order valence-electron chi connectivity index (χ3n) is 4.83. The first-order valence-electron chi connectivity index (χ1n) is 10.2. The summed E-state index contributed by atoms with van der Waals surface area (Å²) >= 11 is 8.89. The molecule has 3 aromatic rings. The van der Waals surface area contributed by atoms with Gasteiger partial charge < -0.3 is 15.8 Å². The van der Waals surface area contributed by atoms with E-state index in [-0.39, 0.29) is 23.3 Å². The van der Waals surface area contributed by atoms with E-state index in [0.29, 0.717) is 32.9 Å². The van der Waals surface area contributed by atoms with Gasteiger partial charge in [-0.15, -0.1) is 11.3 Å². The molecule has 2 aromatic carbocycles. The number of nitrogens with two attached hydrogens (primary N) is 1. The molecule has 0 aliphatic carbocycles. The molecule has 0 fully saturated rings. The molecule has 2 heterocycles. The van der Waals surface area contributed by atoms with Crippen molar-refractivity contribution in [1.82, 2.24) is 0 Å². The number of nitrogens with one attached hydrogen (secondary N) is 1. The van der Waals surface area contributed by atoms with Crippen molar-refractivity contribution in [3.8, 4) is 5.75 Å². The zero-order valence-corrected chi connectivity index (χ0v) is 20.7. The number of carbonyl (C=O) groups is 3. The summed E-state index contributed by atoms with van der Waals surface area (Å²) in [5.41, 5.74) is 6.86. The van der Waals surface area contributed by atoms with Crippen LogP contribution in [0.1, 0.15) is 15.2 Å². The predicted octanol–water partition coefficient (Wildman–Crippen LogP) is 4.62. The fourth-order valence-corrected chi connectivity index (χ4v) is 4.88. The zero-order valence-electron chi connectivity index (χ0n) is 18.4. The fraction of sp³-hybridized carbons (Fsp3) is 0.0833. The SMILES string of the molecule is COc1ccc(N2C(=O)/C(=C/c3cccs3)N=C2SCC(=O)Nc2ccc(C(N)=O)cc2)cc1Cl. The van der Waals surface area contributed by atoms with Crippen molar-refractivity contribution < 1.29 is 19.1 Å². The number of amides is 3. The van der Waals surface area contributed by atoms with E-state index in [0.717, 1.165) is 16.6 Å². The van der Waals surface area contributed by atoms with Crippen molar-refractivity contribution in [2.45, 2.75) is 0 Å². The minimum Gasteiger partial charge on any atom is -0.495 e. The molecular weight excluding hydrogens is 508 g/mol. The highest BCUT2D eigenvalue weighted by Crippen LogP contribution is 2.34. The van der Waals surface area contributed by atoms with Crippen molar-refractivity contribution in [3.63, 3.8) is 0 Å². The molecule has 35 heavy (non-hydrogen) atoms. The van der Waals surface area contributed by atoms with E-state index in [9.17, 15) is 14.4 Å². The van der Waals surface area contributed by atoms with Crippen LogP contribution in [0.15, 0.2) is 70.7 Å². The lowest BCUT2D eigenvalue weighted by molar-refractivity contribution is -0.114. The highest BCUT2D eigenvalue weighted by Gasteiger charge is 2.33. The monoisotopic (exact) mass is 526 g/mol. The second kappa shape index (κ2) is 10.8. The molecule has 8 nitrogen and oxygen atoms in total. The van der Waals surface area contributed by atoms with Crippen LogP contribution < -0.4 is 20.7 Å².